The van der Waals surface area contributed by atoms with Crippen LogP contribution >= 0.6 is 15.9 Å². The molecule has 0 aromatic heterocycles. The fourth-order valence-electron chi connectivity index (χ4n) is 2.37. The van der Waals surface area contributed by atoms with Crippen LogP contribution < -0.4 is 0 Å². The maximum absolute atomic E-state index is 13.6. The third-order valence-electron chi connectivity index (χ3n) is 3.79. The Kier molecular flexibility index (Phi) is 4.09. The van der Waals surface area contributed by atoms with Crippen molar-refractivity contribution < 1.29 is 9.18 Å². The number of carbonyl (C=O) groups is 1. The second-order valence-electron chi connectivity index (χ2n) is 5.07. The van der Waals surface area contributed by atoms with Gasteiger partial charge in [-0.2, -0.15) is 0 Å². The topological polar surface area (TPSA) is 17.1 Å². The van der Waals surface area contributed by atoms with Gasteiger partial charge in [-0.1, -0.05) is 12.1 Å². The first-order valence-corrected chi connectivity index (χ1v) is 7.20. The van der Waals surface area contributed by atoms with Crippen molar-refractivity contribution >= 4 is 21.7 Å². The summed E-state index contributed by atoms with van der Waals surface area (Å²) < 4.78 is 13.8. The van der Waals surface area contributed by atoms with Crippen LogP contribution in [0.5, 0.6) is 0 Å². The molecular weight excluding hydrogens is 319 g/mol. The summed E-state index contributed by atoms with van der Waals surface area (Å²) in [5, 5.41) is 0. The van der Waals surface area contributed by atoms with Crippen molar-refractivity contribution in [1.82, 2.24) is 0 Å². The zero-order valence-electron chi connectivity index (χ0n) is 12.0. The van der Waals surface area contributed by atoms with Crippen LogP contribution in [-0.4, -0.2) is 5.78 Å². The minimum absolute atomic E-state index is 0.141. The Morgan fingerprint density at radius 2 is 1.60 bits per heavy atom. The molecule has 2 aromatic carbocycles. The van der Waals surface area contributed by atoms with Crippen molar-refractivity contribution in [2.24, 2.45) is 0 Å². The third-order valence-corrected chi connectivity index (χ3v) is 4.60. The number of carbonyl (C=O) groups excluding carboxylic acids is 1. The van der Waals surface area contributed by atoms with Crippen LogP contribution in [-0.2, 0) is 0 Å². The van der Waals surface area contributed by atoms with Gasteiger partial charge in [-0.05, 0) is 78.0 Å². The summed E-state index contributed by atoms with van der Waals surface area (Å²) in [6.07, 6.45) is 0. The largest absolute Gasteiger partial charge is 0.289 e. The second-order valence-corrected chi connectivity index (χ2v) is 5.86. The Balaban J connectivity index is 2.69. The Morgan fingerprint density at radius 1 is 1.05 bits per heavy atom. The van der Waals surface area contributed by atoms with Gasteiger partial charge >= 0.3 is 0 Å². The van der Waals surface area contributed by atoms with Gasteiger partial charge in [0, 0.05) is 11.1 Å². The van der Waals surface area contributed by atoms with E-state index in [0.717, 1.165) is 22.3 Å². The fraction of sp³-hybridized carbons (Fsp3) is 0.235. The molecule has 3 heteroatoms. The highest BCUT2D eigenvalue weighted by Gasteiger charge is 2.20. The molecule has 0 aliphatic heterocycles. The molecule has 0 bridgehead atoms. The lowest BCUT2D eigenvalue weighted by Gasteiger charge is -2.15. The summed E-state index contributed by atoms with van der Waals surface area (Å²) in [5.41, 5.74) is 5.09. The van der Waals surface area contributed by atoms with E-state index >= 15 is 0 Å². The number of aryl methyl sites for hydroxylation is 2. The van der Waals surface area contributed by atoms with E-state index in [1.54, 1.807) is 12.1 Å². The number of hydrogen-bond donors (Lipinski definition) is 0. The molecule has 0 saturated heterocycles. The molecule has 0 fully saturated rings. The van der Waals surface area contributed by atoms with Crippen LogP contribution in [0.4, 0.5) is 4.39 Å². The minimum Gasteiger partial charge on any atom is -0.289 e. The van der Waals surface area contributed by atoms with Gasteiger partial charge in [-0.3, -0.25) is 4.79 Å². The maximum atomic E-state index is 13.6. The van der Waals surface area contributed by atoms with Crippen molar-refractivity contribution in [2.75, 3.05) is 0 Å². The van der Waals surface area contributed by atoms with E-state index in [4.69, 9.17) is 0 Å². The summed E-state index contributed by atoms with van der Waals surface area (Å²) in [5.74, 6) is -0.561. The molecule has 0 aliphatic rings. The first kappa shape index (κ1) is 14.9. The molecule has 0 amide bonds. The Labute approximate surface area is 127 Å². The van der Waals surface area contributed by atoms with Crippen molar-refractivity contribution in [3.05, 3.63) is 67.9 Å². The van der Waals surface area contributed by atoms with E-state index in [1.807, 2.05) is 27.7 Å². The van der Waals surface area contributed by atoms with Gasteiger partial charge < -0.3 is 0 Å². The molecule has 0 unspecified atom stereocenters. The predicted octanol–water partition coefficient (Wildman–Crippen LogP) is 5.05. The Bertz CT molecular complexity index is 678. The van der Waals surface area contributed by atoms with Crippen LogP contribution in [0.2, 0.25) is 0 Å². The average Bonchev–Trinajstić information content (AvgIpc) is 2.40. The summed E-state index contributed by atoms with van der Waals surface area (Å²) >= 11 is 3.17. The highest BCUT2D eigenvalue weighted by Crippen LogP contribution is 2.28. The lowest BCUT2D eigenvalue weighted by molar-refractivity contribution is 0.103. The zero-order chi connectivity index (χ0) is 15.0. The van der Waals surface area contributed by atoms with Crippen molar-refractivity contribution in [3.8, 4) is 0 Å². The molecule has 1 nitrogen and oxygen atoms in total. The Morgan fingerprint density at radius 3 is 2.15 bits per heavy atom. The van der Waals surface area contributed by atoms with Gasteiger partial charge in [0.1, 0.15) is 5.82 Å². The average molecular weight is 335 g/mol. The van der Waals surface area contributed by atoms with Gasteiger partial charge in [0.2, 0.25) is 0 Å². The lowest BCUT2D eigenvalue weighted by Crippen LogP contribution is -2.10. The molecule has 20 heavy (non-hydrogen) atoms. The van der Waals surface area contributed by atoms with Gasteiger partial charge in [0.25, 0.3) is 0 Å². The van der Waals surface area contributed by atoms with Crippen LogP contribution in [0.1, 0.15) is 38.2 Å². The molecular formula is C17H16BrFO. The molecule has 0 aliphatic carbocycles. The summed E-state index contributed by atoms with van der Waals surface area (Å²) in [6, 6.07) is 6.61. The number of ketones is 1. The molecule has 0 atom stereocenters. The first-order valence-electron chi connectivity index (χ1n) is 6.40. The smallest absolute Gasteiger partial charge is 0.194 e. The maximum Gasteiger partial charge on any atom is 0.194 e. The standard InChI is InChI=1S/C17H16BrFO/c1-9-8-10(2)12(4)15(11(9)3)17(20)13-6-5-7-14(19)16(13)18/h5-8H,1-4H3. The van der Waals surface area contributed by atoms with E-state index in [2.05, 4.69) is 22.0 Å². The molecule has 2 aromatic rings. The van der Waals surface area contributed by atoms with Crippen molar-refractivity contribution in [2.45, 2.75) is 27.7 Å². The number of rotatable bonds is 2. The van der Waals surface area contributed by atoms with E-state index < -0.39 is 5.82 Å². The molecule has 0 saturated carbocycles. The minimum atomic E-state index is -0.421. The number of halogens is 2. The highest BCUT2D eigenvalue weighted by molar-refractivity contribution is 9.10. The summed E-state index contributed by atoms with van der Waals surface area (Å²) in [7, 11) is 0. The highest BCUT2D eigenvalue weighted by atomic mass is 79.9. The zero-order valence-corrected chi connectivity index (χ0v) is 13.6. The number of hydrogen-bond acceptors (Lipinski definition) is 1. The molecule has 0 radical (unpaired) electrons. The second kappa shape index (κ2) is 5.49. The van der Waals surface area contributed by atoms with Gasteiger partial charge in [0.05, 0.1) is 4.47 Å². The van der Waals surface area contributed by atoms with Crippen molar-refractivity contribution in [3.63, 3.8) is 0 Å². The SMILES string of the molecule is Cc1cc(C)c(C)c(C(=O)c2cccc(F)c2Br)c1C. The number of benzene rings is 2. The van der Waals surface area contributed by atoms with Gasteiger partial charge in [-0.25, -0.2) is 4.39 Å². The third kappa shape index (κ3) is 2.42. The van der Waals surface area contributed by atoms with Crippen LogP contribution in [0.3, 0.4) is 0 Å². The first-order chi connectivity index (χ1) is 9.34. The quantitative estimate of drug-likeness (QED) is 0.702. The van der Waals surface area contributed by atoms with E-state index in [1.165, 1.54) is 6.07 Å². The summed E-state index contributed by atoms with van der Waals surface area (Å²) in [4.78, 5) is 12.8. The lowest BCUT2D eigenvalue weighted by atomic mass is 9.89. The van der Waals surface area contributed by atoms with E-state index in [9.17, 15) is 9.18 Å². The molecule has 0 N–H and O–H groups in total. The van der Waals surface area contributed by atoms with Crippen molar-refractivity contribution in [1.29, 1.82) is 0 Å². The van der Waals surface area contributed by atoms with Crippen LogP contribution in [0, 0.1) is 33.5 Å². The molecule has 0 heterocycles. The molecule has 104 valence electrons. The van der Waals surface area contributed by atoms with E-state index in [-0.39, 0.29) is 10.3 Å². The monoisotopic (exact) mass is 334 g/mol. The molecule has 2 rings (SSSR count). The predicted molar refractivity (Wildman–Crippen MR) is 82.9 cm³/mol. The van der Waals surface area contributed by atoms with E-state index in [0.29, 0.717) is 11.1 Å². The normalized spacial score (nSPS) is 10.7. The van der Waals surface area contributed by atoms with Gasteiger partial charge in [0.15, 0.2) is 5.78 Å². The fourth-order valence-corrected chi connectivity index (χ4v) is 2.82. The van der Waals surface area contributed by atoms with Gasteiger partial charge in [-0.15, -0.1) is 0 Å². The Hall–Kier alpha value is -1.48. The molecule has 0 spiro atoms. The van der Waals surface area contributed by atoms with Crippen LogP contribution in [0.25, 0.3) is 0 Å². The van der Waals surface area contributed by atoms with Crippen LogP contribution in [0.15, 0.2) is 28.7 Å². The summed E-state index contributed by atoms with van der Waals surface area (Å²) in [6.45, 7) is 7.84.